The number of aromatic nitrogens is 1. The summed E-state index contributed by atoms with van der Waals surface area (Å²) in [5.74, 6) is 0.0237. The minimum atomic E-state index is -0.00902. The maximum atomic E-state index is 12.7. The fourth-order valence-corrected chi connectivity index (χ4v) is 4.30. The standard InChI is InChI=1S/C21H25N3O2/c1-16-6-8-17(9-7-16)24-15-19(26-2)21(24)10-13-23(14-11-21)20(25)18-5-3-4-12-22-18/h3-9,12,19H,10-11,13-15H2,1-2H3. The Hall–Kier alpha value is -2.40. The molecule has 0 aliphatic carbocycles. The maximum absolute atomic E-state index is 12.7. The van der Waals surface area contributed by atoms with E-state index in [1.54, 1.807) is 19.4 Å². The highest BCUT2D eigenvalue weighted by Crippen LogP contribution is 2.44. The third-order valence-corrected chi connectivity index (χ3v) is 5.92. The highest BCUT2D eigenvalue weighted by atomic mass is 16.5. The number of rotatable bonds is 3. The van der Waals surface area contributed by atoms with E-state index in [-0.39, 0.29) is 17.6 Å². The summed E-state index contributed by atoms with van der Waals surface area (Å²) >= 11 is 0. The summed E-state index contributed by atoms with van der Waals surface area (Å²) in [5.41, 5.74) is 3.02. The number of nitrogens with zero attached hydrogens (tertiary/aromatic N) is 3. The Balaban J connectivity index is 1.50. The van der Waals surface area contributed by atoms with Gasteiger partial charge < -0.3 is 14.5 Å². The Morgan fingerprint density at radius 1 is 1.15 bits per heavy atom. The molecule has 1 spiro atoms. The molecule has 136 valence electrons. The molecule has 1 atom stereocenters. The van der Waals surface area contributed by atoms with Crippen molar-refractivity contribution in [1.82, 2.24) is 9.88 Å². The Kier molecular flexibility index (Phi) is 4.41. The van der Waals surface area contributed by atoms with Gasteiger partial charge >= 0.3 is 0 Å². The van der Waals surface area contributed by atoms with Crippen molar-refractivity contribution in [3.63, 3.8) is 0 Å². The van der Waals surface area contributed by atoms with Crippen molar-refractivity contribution < 1.29 is 9.53 Å². The number of benzene rings is 1. The van der Waals surface area contributed by atoms with Gasteiger partial charge in [-0.3, -0.25) is 9.78 Å². The van der Waals surface area contributed by atoms with Gasteiger partial charge in [-0.15, -0.1) is 0 Å². The van der Waals surface area contributed by atoms with E-state index >= 15 is 0 Å². The summed E-state index contributed by atoms with van der Waals surface area (Å²) < 4.78 is 5.78. The van der Waals surface area contributed by atoms with Gasteiger partial charge in [0.25, 0.3) is 5.91 Å². The van der Waals surface area contributed by atoms with Gasteiger partial charge in [-0.05, 0) is 44.0 Å². The first-order valence-corrected chi connectivity index (χ1v) is 9.21. The minimum absolute atomic E-state index is 0.00902. The van der Waals surface area contributed by atoms with Gasteiger partial charge in [-0.2, -0.15) is 0 Å². The number of pyridine rings is 1. The predicted octanol–water partition coefficient (Wildman–Crippen LogP) is 2.90. The van der Waals surface area contributed by atoms with E-state index in [1.165, 1.54) is 11.3 Å². The molecular weight excluding hydrogens is 326 g/mol. The summed E-state index contributed by atoms with van der Waals surface area (Å²) in [7, 11) is 1.80. The molecule has 2 aromatic rings. The first-order valence-electron chi connectivity index (χ1n) is 9.21. The van der Waals surface area contributed by atoms with Gasteiger partial charge in [0.1, 0.15) is 5.69 Å². The molecule has 0 bridgehead atoms. The van der Waals surface area contributed by atoms with Crippen LogP contribution in [-0.2, 0) is 4.74 Å². The van der Waals surface area contributed by atoms with E-state index in [0.29, 0.717) is 5.69 Å². The molecule has 2 saturated heterocycles. The fourth-order valence-electron chi connectivity index (χ4n) is 4.30. The van der Waals surface area contributed by atoms with Gasteiger partial charge in [0.15, 0.2) is 0 Å². The third-order valence-electron chi connectivity index (χ3n) is 5.92. The second-order valence-corrected chi connectivity index (χ2v) is 7.28. The molecule has 1 amide bonds. The molecule has 2 aliphatic heterocycles. The van der Waals surface area contributed by atoms with E-state index in [4.69, 9.17) is 4.74 Å². The molecular formula is C21H25N3O2. The van der Waals surface area contributed by atoms with Gasteiger partial charge in [-0.1, -0.05) is 23.8 Å². The Morgan fingerprint density at radius 3 is 2.50 bits per heavy atom. The number of anilines is 1. The lowest BCUT2D eigenvalue weighted by molar-refractivity contribution is -0.0433. The van der Waals surface area contributed by atoms with Crippen LogP contribution in [0.4, 0.5) is 5.69 Å². The highest BCUT2D eigenvalue weighted by molar-refractivity contribution is 5.92. The summed E-state index contributed by atoms with van der Waals surface area (Å²) in [6.45, 7) is 4.48. The number of ether oxygens (including phenoxy) is 1. The number of methoxy groups -OCH3 is 1. The molecule has 26 heavy (non-hydrogen) atoms. The van der Waals surface area contributed by atoms with Crippen molar-refractivity contribution in [3.8, 4) is 0 Å². The van der Waals surface area contributed by atoms with E-state index in [1.807, 2.05) is 17.0 Å². The molecule has 0 saturated carbocycles. The van der Waals surface area contributed by atoms with Crippen LogP contribution in [0, 0.1) is 6.92 Å². The van der Waals surface area contributed by atoms with Gasteiger partial charge in [0, 0.05) is 38.6 Å². The topological polar surface area (TPSA) is 45.7 Å². The predicted molar refractivity (Wildman–Crippen MR) is 101 cm³/mol. The summed E-state index contributed by atoms with van der Waals surface area (Å²) in [6, 6.07) is 14.2. The van der Waals surface area contributed by atoms with E-state index in [2.05, 4.69) is 41.1 Å². The van der Waals surface area contributed by atoms with Crippen molar-refractivity contribution in [2.24, 2.45) is 0 Å². The number of carbonyl (C=O) groups excluding carboxylic acids is 1. The lowest BCUT2D eigenvalue weighted by Gasteiger charge is -2.61. The van der Waals surface area contributed by atoms with E-state index < -0.39 is 0 Å². The van der Waals surface area contributed by atoms with Crippen LogP contribution in [0.3, 0.4) is 0 Å². The first-order chi connectivity index (χ1) is 12.6. The van der Waals surface area contributed by atoms with Crippen molar-refractivity contribution in [2.75, 3.05) is 31.6 Å². The normalized spacial score (nSPS) is 21.5. The average Bonchev–Trinajstić information content (AvgIpc) is 2.69. The van der Waals surface area contributed by atoms with E-state index in [9.17, 15) is 4.79 Å². The summed E-state index contributed by atoms with van der Waals surface area (Å²) in [5, 5.41) is 0. The molecule has 5 nitrogen and oxygen atoms in total. The summed E-state index contributed by atoms with van der Waals surface area (Å²) in [6.07, 6.45) is 3.72. The number of likely N-dealkylation sites (tertiary alicyclic amines) is 1. The molecule has 1 aromatic carbocycles. The maximum Gasteiger partial charge on any atom is 0.272 e. The van der Waals surface area contributed by atoms with Crippen molar-refractivity contribution in [1.29, 1.82) is 0 Å². The highest BCUT2D eigenvalue weighted by Gasteiger charge is 2.55. The molecule has 3 heterocycles. The van der Waals surface area contributed by atoms with Crippen LogP contribution in [-0.4, -0.2) is 54.2 Å². The number of amides is 1. The number of hydrogen-bond acceptors (Lipinski definition) is 4. The number of carbonyl (C=O) groups is 1. The molecule has 4 rings (SSSR count). The molecule has 0 N–H and O–H groups in total. The SMILES string of the molecule is COC1CN(c2ccc(C)cc2)C12CCN(C(=O)c1ccccn1)CC2. The minimum Gasteiger partial charge on any atom is -0.377 e. The monoisotopic (exact) mass is 351 g/mol. The zero-order chi connectivity index (χ0) is 18.1. The van der Waals surface area contributed by atoms with Crippen LogP contribution in [0.15, 0.2) is 48.7 Å². The molecule has 1 aromatic heterocycles. The van der Waals surface area contributed by atoms with Gasteiger partial charge in [-0.25, -0.2) is 0 Å². The van der Waals surface area contributed by atoms with Crippen LogP contribution in [0.2, 0.25) is 0 Å². The average molecular weight is 351 g/mol. The van der Waals surface area contributed by atoms with Crippen molar-refractivity contribution in [3.05, 3.63) is 59.9 Å². The second-order valence-electron chi connectivity index (χ2n) is 7.28. The zero-order valence-corrected chi connectivity index (χ0v) is 15.4. The Morgan fingerprint density at radius 2 is 1.88 bits per heavy atom. The molecule has 1 unspecified atom stereocenters. The fraction of sp³-hybridized carbons (Fsp3) is 0.429. The smallest absolute Gasteiger partial charge is 0.272 e. The second kappa shape index (κ2) is 6.72. The summed E-state index contributed by atoms with van der Waals surface area (Å²) in [4.78, 5) is 21.3. The Bertz CT molecular complexity index is 768. The van der Waals surface area contributed by atoms with Crippen LogP contribution >= 0.6 is 0 Å². The van der Waals surface area contributed by atoms with Crippen LogP contribution in [0.5, 0.6) is 0 Å². The molecule has 2 aliphatic rings. The van der Waals surface area contributed by atoms with Gasteiger partial charge in [0.05, 0.1) is 11.6 Å². The van der Waals surface area contributed by atoms with Crippen LogP contribution in [0.1, 0.15) is 28.9 Å². The lowest BCUT2D eigenvalue weighted by Crippen LogP contribution is -2.74. The molecule has 0 radical (unpaired) electrons. The van der Waals surface area contributed by atoms with Crippen molar-refractivity contribution >= 4 is 11.6 Å². The molecule has 2 fully saturated rings. The van der Waals surface area contributed by atoms with Crippen LogP contribution < -0.4 is 4.90 Å². The molecule has 5 heteroatoms. The quantitative estimate of drug-likeness (QED) is 0.853. The zero-order valence-electron chi connectivity index (χ0n) is 15.4. The Labute approximate surface area is 154 Å². The number of piperidine rings is 1. The first kappa shape index (κ1) is 17.0. The lowest BCUT2D eigenvalue weighted by atomic mass is 9.73. The number of aryl methyl sites for hydroxylation is 1. The van der Waals surface area contributed by atoms with Crippen LogP contribution in [0.25, 0.3) is 0 Å². The van der Waals surface area contributed by atoms with E-state index in [0.717, 1.165) is 32.5 Å². The van der Waals surface area contributed by atoms with Gasteiger partial charge in [0.2, 0.25) is 0 Å². The number of hydrogen-bond donors (Lipinski definition) is 0. The van der Waals surface area contributed by atoms with Crippen molar-refractivity contribution in [2.45, 2.75) is 31.4 Å². The largest absolute Gasteiger partial charge is 0.377 e. The third kappa shape index (κ3) is 2.76.